The van der Waals surface area contributed by atoms with Crippen molar-refractivity contribution < 1.29 is 18.7 Å². The summed E-state index contributed by atoms with van der Waals surface area (Å²) < 4.78 is 11.7. The van der Waals surface area contributed by atoms with Crippen LogP contribution in [0.25, 0.3) is 17.5 Å². The molecule has 2 aromatic carbocycles. The molecule has 1 aliphatic rings. The maximum atomic E-state index is 12.7. The third kappa shape index (κ3) is 4.25. The van der Waals surface area contributed by atoms with Gasteiger partial charge in [-0.1, -0.05) is 28.1 Å². The van der Waals surface area contributed by atoms with Crippen molar-refractivity contribution >= 4 is 44.9 Å². The number of rotatable bonds is 5. The minimum atomic E-state index is -0.390. The first-order chi connectivity index (χ1) is 14.0. The average molecular weight is 472 g/mol. The number of imide groups is 1. The van der Waals surface area contributed by atoms with E-state index >= 15 is 0 Å². The number of thioether (sulfide) groups is 1. The highest BCUT2D eigenvalue weighted by molar-refractivity contribution is 9.10. The highest BCUT2D eigenvalue weighted by Crippen LogP contribution is 2.33. The average Bonchev–Trinajstić information content (AvgIpc) is 3.30. The van der Waals surface area contributed by atoms with E-state index in [2.05, 4.69) is 26.1 Å². The van der Waals surface area contributed by atoms with Gasteiger partial charge in [-0.3, -0.25) is 14.5 Å². The van der Waals surface area contributed by atoms with Crippen LogP contribution in [-0.2, 0) is 11.3 Å². The Labute approximate surface area is 178 Å². The van der Waals surface area contributed by atoms with Crippen LogP contribution in [0, 0.1) is 0 Å². The molecule has 1 aromatic heterocycles. The second-order valence-corrected chi connectivity index (χ2v) is 7.96. The Morgan fingerprint density at radius 2 is 1.83 bits per heavy atom. The van der Waals surface area contributed by atoms with Gasteiger partial charge in [-0.05, 0) is 59.8 Å². The molecule has 1 aliphatic heterocycles. The van der Waals surface area contributed by atoms with Crippen LogP contribution in [0.15, 0.2) is 62.3 Å². The molecular formula is C20H14BrN3O4S. The minimum Gasteiger partial charge on any atom is -0.497 e. The quantitative estimate of drug-likeness (QED) is 0.496. The number of ether oxygens (including phenoxy) is 1. The zero-order valence-corrected chi connectivity index (χ0v) is 17.6. The molecule has 0 atom stereocenters. The Bertz CT molecular complexity index is 1090. The first kappa shape index (κ1) is 19.4. The molecule has 7 nitrogen and oxygen atoms in total. The predicted octanol–water partition coefficient (Wildman–Crippen LogP) is 4.74. The van der Waals surface area contributed by atoms with E-state index in [1.165, 1.54) is 0 Å². The van der Waals surface area contributed by atoms with E-state index in [9.17, 15) is 9.59 Å². The van der Waals surface area contributed by atoms with E-state index in [1.807, 2.05) is 36.4 Å². The van der Waals surface area contributed by atoms with E-state index in [0.29, 0.717) is 16.5 Å². The number of methoxy groups -OCH3 is 1. The second-order valence-electron chi connectivity index (χ2n) is 6.05. The zero-order chi connectivity index (χ0) is 20.4. The summed E-state index contributed by atoms with van der Waals surface area (Å²) in [6.07, 6.45) is 1.67. The number of aromatic nitrogens is 2. The summed E-state index contributed by atoms with van der Waals surface area (Å²) in [5.74, 6) is 0.844. The van der Waals surface area contributed by atoms with Gasteiger partial charge >= 0.3 is 0 Å². The number of carbonyl (C=O) groups excluding carboxylic acids is 2. The molecular weight excluding hydrogens is 458 g/mol. The lowest BCUT2D eigenvalue weighted by Gasteiger charge is -2.08. The van der Waals surface area contributed by atoms with Gasteiger partial charge in [0.05, 0.1) is 12.0 Å². The Balaban J connectivity index is 1.49. The Kier molecular flexibility index (Phi) is 5.50. The molecule has 29 heavy (non-hydrogen) atoms. The van der Waals surface area contributed by atoms with Crippen molar-refractivity contribution in [3.8, 4) is 17.2 Å². The van der Waals surface area contributed by atoms with Gasteiger partial charge in [0.1, 0.15) is 12.3 Å². The van der Waals surface area contributed by atoms with Crippen LogP contribution in [0.2, 0.25) is 0 Å². The molecule has 1 saturated heterocycles. The first-order valence-electron chi connectivity index (χ1n) is 8.51. The van der Waals surface area contributed by atoms with Crippen molar-refractivity contribution in [2.45, 2.75) is 6.54 Å². The van der Waals surface area contributed by atoms with Crippen molar-refractivity contribution in [1.82, 2.24) is 15.1 Å². The number of hydrogen-bond donors (Lipinski definition) is 0. The molecule has 0 bridgehead atoms. The number of carbonyl (C=O) groups is 2. The molecule has 0 radical (unpaired) electrons. The lowest BCUT2D eigenvalue weighted by atomic mass is 10.2. The van der Waals surface area contributed by atoms with Gasteiger partial charge in [-0.2, -0.15) is 0 Å². The molecule has 0 N–H and O–H groups in total. The van der Waals surface area contributed by atoms with Crippen LogP contribution in [-0.4, -0.2) is 33.4 Å². The normalized spacial score (nSPS) is 15.4. The molecule has 0 spiro atoms. The molecule has 3 aromatic rings. The van der Waals surface area contributed by atoms with Crippen molar-refractivity contribution in [3.63, 3.8) is 0 Å². The number of amides is 2. The summed E-state index contributed by atoms with van der Waals surface area (Å²) >= 11 is 4.25. The summed E-state index contributed by atoms with van der Waals surface area (Å²) in [7, 11) is 1.58. The topological polar surface area (TPSA) is 85.5 Å². The number of benzene rings is 2. The largest absolute Gasteiger partial charge is 0.497 e. The van der Waals surface area contributed by atoms with Crippen LogP contribution >= 0.6 is 27.7 Å². The lowest BCUT2D eigenvalue weighted by Crippen LogP contribution is -2.27. The van der Waals surface area contributed by atoms with Crippen molar-refractivity contribution in [1.29, 1.82) is 0 Å². The molecule has 9 heteroatoms. The second kappa shape index (κ2) is 8.22. The fourth-order valence-electron chi connectivity index (χ4n) is 2.65. The third-order valence-electron chi connectivity index (χ3n) is 4.14. The van der Waals surface area contributed by atoms with Gasteiger partial charge in [0.25, 0.3) is 11.1 Å². The summed E-state index contributed by atoms with van der Waals surface area (Å²) in [6, 6.07) is 14.6. The molecule has 2 amide bonds. The van der Waals surface area contributed by atoms with E-state index in [4.69, 9.17) is 9.15 Å². The van der Waals surface area contributed by atoms with Crippen LogP contribution < -0.4 is 4.74 Å². The number of halogens is 1. The predicted molar refractivity (Wildman–Crippen MR) is 112 cm³/mol. The monoisotopic (exact) mass is 471 g/mol. The molecule has 146 valence electrons. The lowest BCUT2D eigenvalue weighted by molar-refractivity contribution is -0.123. The van der Waals surface area contributed by atoms with Crippen molar-refractivity contribution in [2.75, 3.05) is 7.11 Å². The van der Waals surface area contributed by atoms with Crippen molar-refractivity contribution in [3.05, 3.63) is 69.4 Å². The highest BCUT2D eigenvalue weighted by atomic mass is 79.9. The van der Waals surface area contributed by atoms with Gasteiger partial charge in [0, 0.05) is 10.0 Å². The van der Waals surface area contributed by atoms with Gasteiger partial charge in [0.15, 0.2) is 0 Å². The number of nitrogens with zero attached hydrogens (tertiary/aromatic N) is 3. The Morgan fingerprint density at radius 1 is 1.10 bits per heavy atom. The van der Waals surface area contributed by atoms with Gasteiger partial charge in [-0.25, -0.2) is 0 Å². The van der Waals surface area contributed by atoms with Crippen LogP contribution in [0.4, 0.5) is 4.79 Å². The van der Waals surface area contributed by atoms with Gasteiger partial charge in [-0.15, -0.1) is 10.2 Å². The summed E-state index contributed by atoms with van der Waals surface area (Å²) in [4.78, 5) is 26.4. The van der Waals surface area contributed by atoms with Crippen molar-refractivity contribution in [2.24, 2.45) is 0 Å². The van der Waals surface area contributed by atoms with E-state index in [1.54, 1.807) is 25.3 Å². The maximum Gasteiger partial charge on any atom is 0.294 e. The minimum absolute atomic E-state index is 0.0753. The third-order valence-corrected chi connectivity index (χ3v) is 5.57. The molecule has 0 unspecified atom stereocenters. The molecule has 0 aliphatic carbocycles. The maximum absolute atomic E-state index is 12.7. The smallest absolute Gasteiger partial charge is 0.294 e. The molecule has 2 heterocycles. The fraction of sp³-hybridized carbons (Fsp3) is 0.100. The summed E-state index contributed by atoms with van der Waals surface area (Å²) in [5.41, 5.74) is 1.55. The van der Waals surface area contributed by atoms with Crippen LogP contribution in [0.3, 0.4) is 0 Å². The van der Waals surface area contributed by atoms with E-state index in [-0.39, 0.29) is 23.6 Å². The zero-order valence-electron chi connectivity index (χ0n) is 15.2. The molecule has 1 fully saturated rings. The molecule has 4 rings (SSSR count). The summed E-state index contributed by atoms with van der Waals surface area (Å²) in [6.45, 7) is -0.0753. The van der Waals surface area contributed by atoms with Gasteiger partial charge < -0.3 is 9.15 Å². The molecule has 0 saturated carbocycles. The van der Waals surface area contributed by atoms with E-state index < -0.39 is 0 Å². The SMILES string of the molecule is COc1ccc(C=C2SC(=O)N(Cc3nnc(-c4ccc(Br)cc4)o3)C2=O)cc1. The standard InChI is InChI=1S/C20H14BrN3O4S/c1-27-15-8-2-12(3-9-15)10-16-19(25)24(20(26)29-16)11-17-22-23-18(28-17)13-4-6-14(21)7-5-13/h2-10H,11H2,1H3. The van der Waals surface area contributed by atoms with Gasteiger partial charge in [0.2, 0.25) is 11.8 Å². The Morgan fingerprint density at radius 3 is 2.52 bits per heavy atom. The summed E-state index contributed by atoms with van der Waals surface area (Å²) in [5, 5.41) is 7.58. The highest BCUT2D eigenvalue weighted by Gasteiger charge is 2.36. The van der Waals surface area contributed by atoms with E-state index in [0.717, 1.165) is 32.3 Å². The van der Waals surface area contributed by atoms with Crippen LogP contribution in [0.5, 0.6) is 5.75 Å². The first-order valence-corrected chi connectivity index (χ1v) is 10.1. The van der Waals surface area contributed by atoms with Crippen LogP contribution in [0.1, 0.15) is 11.5 Å². The fourth-order valence-corrected chi connectivity index (χ4v) is 3.75. The number of hydrogen-bond acceptors (Lipinski definition) is 7. The Hall–Kier alpha value is -2.91.